The Labute approximate surface area is 124 Å². The van der Waals surface area contributed by atoms with Crippen LogP contribution in [-0.4, -0.2) is 34.9 Å². The topological polar surface area (TPSA) is 89.3 Å². The average Bonchev–Trinajstić information content (AvgIpc) is 3.13. The Bertz CT molecular complexity index is 457. The fourth-order valence-corrected chi connectivity index (χ4v) is 2.55. The Morgan fingerprint density at radius 1 is 1.38 bits per heavy atom. The molecule has 7 nitrogen and oxygen atoms in total. The van der Waals surface area contributed by atoms with E-state index in [1.54, 1.807) is 6.92 Å². The molecule has 1 aliphatic heterocycles. The third kappa shape index (κ3) is 4.17. The highest BCUT2D eigenvalue weighted by atomic mass is 16.5. The molecule has 2 heterocycles. The van der Waals surface area contributed by atoms with Gasteiger partial charge in [0, 0.05) is 13.5 Å². The van der Waals surface area contributed by atoms with Crippen molar-refractivity contribution >= 4 is 6.03 Å². The normalized spacial score (nSPS) is 21.0. The molecule has 1 aromatic heterocycles. The smallest absolute Gasteiger partial charge is 0.315 e. The van der Waals surface area contributed by atoms with Gasteiger partial charge >= 0.3 is 6.03 Å². The second kappa shape index (κ2) is 7.40. The Morgan fingerprint density at radius 3 is 2.71 bits per heavy atom. The van der Waals surface area contributed by atoms with E-state index in [1.807, 2.05) is 13.8 Å². The van der Waals surface area contributed by atoms with Crippen LogP contribution in [0.4, 0.5) is 4.79 Å². The van der Waals surface area contributed by atoms with Crippen LogP contribution in [0.15, 0.2) is 4.52 Å². The van der Waals surface area contributed by atoms with Gasteiger partial charge in [-0.2, -0.15) is 4.98 Å². The number of urea groups is 1. The number of amides is 2. The summed E-state index contributed by atoms with van der Waals surface area (Å²) in [6.45, 7) is 6.53. The first-order valence-corrected chi connectivity index (χ1v) is 7.62. The fraction of sp³-hybridized carbons (Fsp3) is 0.786. The molecule has 7 heteroatoms. The van der Waals surface area contributed by atoms with Crippen LogP contribution in [0.25, 0.3) is 0 Å². The van der Waals surface area contributed by atoms with Crippen LogP contribution >= 0.6 is 0 Å². The maximum absolute atomic E-state index is 12.2. The average molecular weight is 296 g/mol. The molecule has 0 radical (unpaired) electrons. The SMILES string of the molecule is CC[C@H](NC(=O)N[C@@H](CC)[C@H]1CCCO1)c1noc(C)n1. The molecule has 2 N–H and O–H groups in total. The first-order valence-electron chi connectivity index (χ1n) is 7.62. The van der Waals surface area contributed by atoms with Gasteiger partial charge in [0.25, 0.3) is 0 Å². The van der Waals surface area contributed by atoms with Crippen LogP contribution in [0.2, 0.25) is 0 Å². The summed E-state index contributed by atoms with van der Waals surface area (Å²) in [7, 11) is 0. The van der Waals surface area contributed by atoms with E-state index in [9.17, 15) is 4.79 Å². The maximum atomic E-state index is 12.2. The summed E-state index contributed by atoms with van der Waals surface area (Å²) in [6.07, 6.45) is 3.72. The van der Waals surface area contributed by atoms with Gasteiger partial charge in [-0.1, -0.05) is 19.0 Å². The van der Waals surface area contributed by atoms with Crippen molar-refractivity contribution in [2.75, 3.05) is 6.61 Å². The van der Waals surface area contributed by atoms with Gasteiger partial charge in [-0.05, 0) is 25.7 Å². The lowest BCUT2D eigenvalue weighted by molar-refractivity contribution is 0.0794. The van der Waals surface area contributed by atoms with Crippen LogP contribution in [0.3, 0.4) is 0 Å². The summed E-state index contributed by atoms with van der Waals surface area (Å²) in [4.78, 5) is 16.3. The number of hydrogen-bond acceptors (Lipinski definition) is 5. The molecular formula is C14H24N4O3. The first-order chi connectivity index (χ1) is 10.1. The van der Waals surface area contributed by atoms with Gasteiger partial charge in [-0.15, -0.1) is 0 Å². The van der Waals surface area contributed by atoms with Crippen LogP contribution in [-0.2, 0) is 4.74 Å². The lowest BCUT2D eigenvalue weighted by Gasteiger charge is -2.24. The minimum Gasteiger partial charge on any atom is -0.376 e. The number of aromatic nitrogens is 2. The van der Waals surface area contributed by atoms with E-state index in [2.05, 4.69) is 20.8 Å². The Hall–Kier alpha value is -1.63. The van der Waals surface area contributed by atoms with Gasteiger partial charge in [0.05, 0.1) is 18.2 Å². The molecule has 0 bridgehead atoms. The van der Waals surface area contributed by atoms with Gasteiger partial charge in [-0.25, -0.2) is 4.79 Å². The van der Waals surface area contributed by atoms with E-state index >= 15 is 0 Å². The number of carbonyl (C=O) groups is 1. The zero-order valence-electron chi connectivity index (χ0n) is 12.9. The molecule has 1 fully saturated rings. The Morgan fingerprint density at radius 2 is 2.19 bits per heavy atom. The van der Waals surface area contributed by atoms with Crippen molar-refractivity contribution in [3.05, 3.63) is 11.7 Å². The summed E-state index contributed by atoms with van der Waals surface area (Å²) in [5.41, 5.74) is 0. The molecule has 0 aliphatic carbocycles. The predicted molar refractivity (Wildman–Crippen MR) is 76.8 cm³/mol. The third-order valence-corrected chi connectivity index (χ3v) is 3.74. The first kappa shape index (κ1) is 15.8. The summed E-state index contributed by atoms with van der Waals surface area (Å²) in [5.74, 6) is 1.01. The van der Waals surface area contributed by atoms with Gasteiger partial charge in [0.15, 0.2) is 5.82 Å². The second-order valence-electron chi connectivity index (χ2n) is 5.32. The molecule has 0 spiro atoms. The van der Waals surface area contributed by atoms with Crippen LogP contribution in [0, 0.1) is 6.92 Å². The summed E-state index contributed by atoms with van der Waals surface area (Å²) in [5, 5.41) is 9.75. The Kier molecular flexibility index (Phi) is 5.55. The number of carbonyl (C=O) groups excluding carboxylic acids is 1. The number of rotatable bonds is 6. The van der Waals surface area contributed by atoms with Crippen molar-refractivity contribution < 1.29 is 14.1 Å². The van der Waals surface area contributed by atoms with Crippen molar-refractivity contribution in [1.82, 2.24) is 20.8 Å². The second-order valence-corrected chi connectivity index (χ2v) is 5.32. The van der Waals surface area contributed by atoms with Crippen molar-refractivity contribution in [3.8, 4) is 0 Å². The molecule has 3 atom stereocenters. The number of nitrogens with one attached hydrogen (secondary N) is 2. The number of ether oxygens (including phenoxy) is 1. The van der Waals surface area contributed by atoms with Gasteiger partial charge in [0.2, 0.25) is 5.89 Å². The van der Waals surface area contributed by atoms with E-state index in [1.165, 1.54) is 0 Å². The highest BCUT2D eigenvalue weighted by molar-refractivity contribution is 5.74. The van der Waals surface area contributed by atoms with Crippen LogP contribution in [0.1, 0.15) is 57.3 Å². The highest BCUT2D eigenvalue weighted by Gasteiger charge is 2.27. The molecule has 118 valence electrons. The molecule has 1 saturated heterocycles. The van der Waals surface area contributed by atoms with Crippen molar-refractivity contribution in [3.63, 3.8) is 0 Å². The Balaban J connectivity index is 1.89. The number of hydrogen-bond donors (Lipinski definition) is 2. The lowest BCUT2D eigenvalue weighted by Crippen LogP contribution is -2.48. The summed E-state index contributed by atoms with van der Waals surface area (Å²) >= 11 is 0. The molecular weight excluding hydrogens is 272 g/mol. The van der Waals surface area contributed by atoms with E-state index in [0.717, 1.165) is 25.9 Å². The standard InChI is InChI=1S/C14H24N4O3/c1-4-10(12-7-6-8-20-12)16-14(19)17-11(5-2)13-15-9(3)21-18-13/h10-12H,4-8H2,1-3H3,(H2,16,17,19)/t10-,11-,12+/m0/s1. The van der Waals surface area contributed by atoms with Crippen molar-refractivity contribution in [2.24, 2.45) is 0 Å². The molecule has 0 unspecified atom stereocenters. The molecule has 1 aromatic rings. The zero-order valence-corrected chi connectivity index (χ0v) is 12.9. The van der Waals surface area contributed by atoms with Crippen molar-refractivity contribution in [2.45, 2.75) is 64.6 Å². The quantitative estimate of drug-likeness (QED) is 0.839. The van der Waals surface area contributed by atoms with Crippen molar-refractivity contribution in [1.29, 1.82) is 0 Å². The predicted octanol–water partition coefficient (Wildman–Crippen LogP) is 2.09. The molecule has 1 aliphatic rings. The van der Waals surface area contributed by atoms with E-state index in [0.29, 0.717) is 18.1 Å². The highest BCUT2D eigenvalue weighted by Crippen LogP contribution is 2.18. The van der Waals surface area contributed by atoms with Gasteiger partial charge in [-0.3, -0.25) is 0 Å². The molecule has 2 amide bonds. The molecule has 0 saturated carbocycles. The fourth-order valence-electron chi connectivity index (χ4n) is 2.55. The van der Waals surface area contributed by atoms with E-state index in [-0.39, 0.29) is 24.2 Å². The molecule has 2 rings (SSSR count). The molecule has 0 aromatic carbocycles. The maximum Gasteiger partial charge on any atom is 0.315 e. The lowest BCUT2D eigenvalue weighted by atomic mass is 10.1. The van der Waals surface area contributed by atoms with E-state index in [4.69, 9.17) is 9.26 Å². The summed E-state index contributed by atoms with van der Waals surface area (Å²) < 4.78 is 10.6. The van der Waals surface area contributed by atoms with E-state index < -0.39 is 0 Å². The zero-order chi connectivity index (χ0) is 15.2. The monoisotopic (exact) mass is 296 g/mol. The minimum atomic E-state index is -0.246. The third-order valence-electron chi connectivity index (χ3n) is 3.74. The number of nitrogens with zero attached hydrogens (tertiary/aromatic N) is 2. The van der Waals surface area contributed by atoms with Crippen LogP contribution < -0.4 is 10.6 Å². The molecule has 21 heavy (non-hydrogen) atoms. The minimum absolute atomic E-state index is 0.0389. The summed E-state index contributed by atoms with van der Waals surface area (Å²) in [6, 6.07) is -0.423. The van der Waals surface area contributed by atoms with Gasteiger partial charge in [0.1, 0.15) is 0 Å². The van der Waals surface area contributed by atoms with Gasteiger partial charge < -0.3 is 19.9 Å². The largest absolute Gasteiger partial charge is 0.376 e. The van der Waals surface area contributed by atoms with Crippen LogP contribution in [0.5, 0.6) is 0 Å². The number of aryl methyl sites for hydroxylation is 1.